The lowest BCUT2D eigenvalue weighted by Gasteiger charge is -2.29. The average molecular weight is 378 g/mol. The van der Waals surface area contributed by atoms with E-state index in [1.807, 2.05) is 6.92 Å². The van der Waals surface area contributed by atoms with Crippen LogP contribution in [0.25, 0.3) is 0 Å². The molecule has 118 valence electrons. The van der Waals surface area contributed by atoms with E-state index in [0.29, 0.717) is 34.6 Å². The molecular weight excluding hydrogens is 356 g/mol. The number of hydrogen-bond donors (Lipinski definition) is 0. The largest absolute Gasteiger partial charge is 0.378 e. The fourth-order valence-electron chi connectivity index (χ4n) is 2.88. The molecule has 1 fully saturated rings. The van der Waals surface area contributed by atoms with Crippen LogP contribution in [0, 0.1) is 5.92 Å². The van der Waals surface area contributed by atoms with Crippen molar-refractivity contribution >= 4 is 27.5 Å². The van der Waals surface area contributed by atoms with Crippen LogP contribution in [0.4, 0.5) is 0 Å². The minimum absolute atomic E-state index is 0.0727. The molecule has 0 amide bonds. The van der Waals surface area contributed by atoms with E-state index in [0.717, 1.165) is 5.69 Å². The molecule has 1 saturated carbocycles. The maximum Gasteiger partial charge on any atom is 0.159 e. The second-order valence-corrected chi connectivity index (χ2v) is 6.49. The van der Waals surface area contributed by atoms with Crippen LogP contribution in [-0.4, -0.2) is 23.7 Å². The van der Waals surface area contributed by atoms with Crippen LogP contribution >= 0.6 is 27.5 Å². The highest BCUT2D eigenvalue weighted by atomic mass is 79.9. The van der Waals surface area contributed by atoms with Crippen molar-refractivity contribution in [2.24, 2.45) is 5.92 Å². The quantitative estimate of drug-likeness (QED) is 0.674. The van der Waals surface area contributed by atoms with E-state index in [2.05, 4.69) is 25.9 Å². The number of ether oxygens (including phenoxy) is 2. The van der Waals surface area contributed by atoms with E-state index in [4.69, 9.17) is 21.1 Å². The molecule has 6 heteroatoms. The third kappa shape index (κ3) is 4.38. The zero-order valence-electron chi connectivity index (χ0n) is 12.6. The van der Waals surface area contributed by atoms with Crippen LogP contribution in [0.2, 0.25) is 5.15 Å². The van der Waals surface area contributed by atoms with Gasteiger partial charge in [-0.3, -0.25) is 0 Å². The lowest BCUT2D eigenvalue weighted by Crippen LogP contribution is -2.22. The smallest absolute Gasteiger partial charge is 0.159 e. The molecule has 2 rings (SSSR count). The van der Waals surface area contributed by atoms with Gasteiger partial charge >= 0.3 is 0 Å². The Morgan fingerprint density at radius 2 is 2.00 bits per heavy atom. The molecule has 0 aliphatic heterocycles. The van der Waals surface area contributed by atoms with Crippen molar-refractivity contribution in [3.8, 4) is 0 Å². The van der Waals surface area contributed by atoms with E-state index in [-0.39, 0.29) is 6.10 Å². The average Bonchev–Trinajstić information content (AvgIpc) is 2.50. The summed E-state index contributed by atoms with van der Waals surface area (Å²) in [6, 6.07) is 0. The Labute approximate surface area is 139 Å². The molecule has 1 heterocycles. The van der Waals surface area contributed by atoms with Gasteiger partial charge in [0.2, 0.25) is 0 Å². The van der Waals surface area contributed by atoms with Gasteiger partial charge in [0.15, 0.2) is 5.82 Å². The van der Waals surface area contributed by atoms with Crippen molar-refractivity contribution in [2.75, 3.05) is 13.7 Å². The minimum atomic E-state index is -0.0727. The summed E-state index contributed by atoms with van der Waals surface area (Å²) in [6.07, 6.45) is 6.08. The van der Waals surface area contributed by atoms with E-state index in [1.54, 1.807) is 7.11 Å². The maximum absolute atomic E-state index is 6.23. The summed E-state index contributed by atoms with van der Waals surface area (Å²) < 4.78 is 11.8. The van der Waals surface area contributed by atoms with Gasteiger partial charge in [-0.25, -0.2) is 9.97 Å². The molecule has 0 aromatic carbocycles. The van der Waals surface area contributed by atoms with Gasteiger partial charge in [-0.2, -0.15) is 0 Å². The number of hydrogen-bond acceptors (Lipinski definition) is 4. The summed E-state index contributed by atoms with van der Waals surface area (Å²) in [6.45, 7) is 3.06. The third-order valence-electron chi connectivity index (χ3n) is 3.86. The van der Waals surface area contributed by atoms with Gasteiger partial charge in [-0.05, 0) is 41.6 Å². The van der Waals surface area contributed by atoms with E-state index >= 15 is 0 Å². The first-order chi connectivity index (χ1) is 10.2. The SMILES string of the molecule is CCOC(c1nc(Cl)c(Br)c(COC)n1)C1CCCCC1. The lowest BCUT2D eigenvalue weighted by molar-refractivity contribution is -0.000555. The zero-order chi connectivity index (χ0) is 15.2. The topological polar surface area (TPSA) is 44.2 Å². The minimum Gasteiger partial charge on any atom is -0.378 e. The first-order valence-corrected chi connectivity index (χ1v) is 8.66. The highest BCUT2D eigenvalue weighted by molar-refractivity contribution is 9.10. The fourth-order valence-corrected chi connectivity index (χ4v) is 3.37. The van der Waals surface area contributed by atoms with Gasteiger partial charge in [0.1, 0.15) is 11.3 Å². The Hall–Kier alpha value is -0.230. The molecule has 1 aromatic rings. The highest BCUT2D eigenvalue weighted by Gasteiger charge is 2.29. The van der Waals surface area contributed by atoms with Crippen LogP contribution < -0.4 is 0 Å². The molecule has 1 atom stereocenters. The Morgan fingerprint density at radius 1 is 1.29 bits per heavy atom. The van der Waals surface area contributed by atoms with Crippen molar-refractivity contribution in [2.45, 2.75) is 51.7 Å². The Kier molecular flexibility index (Phi) is 6.86. The number of halogens is 2. The van der Waals surface area contributed by atoms with E-state index in [9.17, 15) is 0 Å². The molecule has 1 unspecified atom stereocenters. The number of nitrogens with zero attached hydrogens (tertiary/aromatic N) is 2. The summed E-state index contributed by atoms with van der Waals surface area (Å²) >= 11 is 9.65. The first-order valence-electron chi connectivity index (χ1n) is 7.49. The van der Waals surface area contributed by atoms with Crippen molar-refractivity contribution in [3.05, 3.63) is 21.1 Å². The Bertz CT molecular complexity index is 467. The molecule has 0 saturated heterocycles. The monoisotopic (exact) mass is 376 g/mol. The predicted octanol–water partition coefficient (Wildman–Crippen LogP) is 4.70. The number of rotatable bonds is 6. The standard InChI is InChI=1S/C15H22BrClN2O2/c1-3-21-13(10-7-5-4-6-8-10)15-18-11(9-20-2)12(16)14(17)19-15/h10,13H,3-9H2,1-2H3. The summed E-state index contributed by atoms with van der Waals surface area (Å²) in [7, 11) is 1.64. The lowest BCUT2D eigenvalue weighted by atomic mass is 9.85. The fraction of sp³-hybridized carbons (Fsp3) is 0.733. The summed E-state index contributed by atoms with van der Waals surface area (Å²) in [4.78, 5) is 9.06. The Morgan fingerprint density at radius 3 is 2.62 bits per heavy atom. The van der Waals surface area contributed by atoms with E-state index < -0.39 is 0 Å². The normalized spacial score (nSPS) is 17.9. The maximum atomic E-state index is 6.23. The molecule has 1 aliphatic carbocycles. The Balaban J connectivity index is 2.30. The molecule has 0 spiro atoms. The van der Waals surface area contributed by atoms with Gasteiger partial charge < -0.3 is 9.47 Å². The predicted molar refractivity (Wildman–Crippen MR) is 86.4 cm³/mol. The summed E-state index contributed by atoms with van der Waals surface area (Å²) in [5, 5.41) is 0.424. The molecule has 0 N–H and O–H groups in total. The van der Waals surface area contributed by atoms with Crippen LogP contribution in [0.15, 0.2) is 4.47 Å². The van der Waals surface area contributed by atoms with Crippen molar-refractivity contribution in [3.63, 3.8) is 0 Å². The molecule has 21 heavy (non-hydrogen) atoms. The summed E-state index contributed by atoms with van der Waals surface area (Å²) in [5.74, 6) is 1.16. The third-order valence-corrected chi connectivity index (χ3v) is 5.19. The van der Waals surface area contributed by atoms with Crippen molar-refractivity contribution in [1.29, 1.82) is 0 Å². The summed E-state index contributed by atoms with van der Waals surface area (Å²) in [5.41, 5.74) is 0.771. The molecule has 0 bridgehead atoms. The van der Waals surface area contributed by atoms with Crippen molar-refractivity contribution < 1.29 is 9.47 Å². The van der Waals surface area contributed by atoms with Crippen LogP contribution in [0.5, 0.6) is 0 Å². The van der Waals surface area contributed by atoms with Gasteiger partial charge in [-0.1, -0.05) is 30.9 Å². The number of methoxy groups -OCH3 is 1. The van der Waals surface area contributed by atoms with Gasteiger partial charge in [0, 0.05) is 13.7 Å². The highest BCUT2D eigenvalue weighted by Crippen LogP contribution is 2.37. The number of aromatic nitrogens is 2. The second kappa shape index (κ2) is 8.42. The van der Waals surface area contributed by atoms with Gasteiger partial charge in [0.25, 0.3) is 0 Å². The van der Waals surface area contributed by atoms with Crippen LogP contribution in [-0.2, 0) is 16.1 Å². The molecule has 0 radical (unpaired) electrons. The second-order valence-electron chi connectivity index (χ2n) is 5.34. The van der Waals surface area contributed by atoms with E-state index in [1.165, 1.54) is 32.1 Å². The van der Waals surface area contributed by atoms with Crippen LogP contribution in [0.1, 0.15) is 56.7 Å². The molecular formula is C15H22BrClN2O2. The molecule has 1 aromatic heterocycles. The molecule has 1 aliphatic rings. The molecule has 4 nitrogen and oxygen atoms in total. The van der Waals surface area contributed by atoms with Gasteiger partial charge in [0.05, 0.1) is 16.8 Å². The zero-order valence-corrected chi connectivity index (χ0v) is 14.9. The van der Waals surface area contributed by atoms with Gasteiger partial charge in [-0.15, -0.1) is 0 Å². The first kappa shape index (κ1) is 17.1. The van der Waals surface area contributed by atoms with Crippen LogP contribution in [0.3, 0.4) is 0 Å². The van der Waals surface area contributed by atoms with Crippen molar-refractivity contribution in [1.82, 2.24) is 9.97 Å².